The third kappa shape index (κ3) is 6.65. The van der Waals surface area contributed by atoms with Crippen LogP contribution in [0.25, 0.3) is 0 Å². The van der Waals surface area contributed by atoms with Crippen molar-refractivity contribution in [1.29, 1.82) is 10.7 Å². The van der Waals surface area contributed by atoms with E-state index in [0.29, 0.717) is 31.0 Å². The number of carbonyl (C=O) groups is 1. The van der Waals surface area contributed by atoms with Crippen molar-refractivity contribution < 1.29 is 13.9 Å². The van der Waals surface area contributed by atoms with Crippen LogP contribution in [0.3, 0.4) is 0 Å². The molecular formula is C32H35FN8O2. The van der Waals surface area contributed by atoms with E-state index in [1.807, 2.05) is 32.0 Å². The number of amides is 1. The van der Waals surface area contributed by atoms with E-state index in [2.05, 4.69) is 26.3 Å². The van der Waals surface area contributed by atoms with Gasteiger partial charge in [-0.3, -0.25) is 15.1 Å². The van der Waals surface area contributed by atoms with E-state index in [0.717, 1.165) is 25.9 Å². The Morgan fingerprint density at radius 1 is 1.16 bits per heavy atom. The number of para-hydroxylation sites is 1. The number of hydrogen-bond donors (Lipinski definition) is 3. The van der Waals surface area contributed by atoms with Gasteiger partial charge in [-0.05, 0) is 63.5 Å². The van der Waals surface area contributed by atoms with Crippen molar-refractivity contribution in [2.45, 2.75) is 44.7 Å². The van der Waals surface area contributed by atoms with Gasteiger partial charge in [0.25, 0.3) is 5.91 Å². The Hall–Kier alpha value is -4.82. The van der Waals surface area contributed by atoms with Gasteiger partial charge in [-0.2, -0.15) is 5.26 Å². The van der Waals surface area contributed by atoms with Crippen LogP contribution in [0, 0.1) is 22.6 Å². The number of nitrogens with zero attached hydrogens (tertiary/aromatic N) is 5. The molecule has 10 nitrogen and oxygen atoms in total. The maximum absolute atomic E-state index is 15.3. The van der Waals surface area contributed by atoms with Crippen molar-refractivity contribution in [3.05, 3.63) is 83.5 Å². The van der Waals surface area contributed by atoms with Crippen LogP contribution in [-0.2, 0) is 4.79 Å². The van der Waals surface area contributed by atoms with E-state index in [1.165, 1.54) is 18.5 Å². The zero-order valence-electron chi connectivity index (χ0n) is 24.3. The highest BCUT2D eigenvalue weighted by atomic mass is 19.1. The summed E-state index contributed by atoms with van der Waals surface area (Å²) in [5, 5.41) is 22.0. The lowest BCUT2D eigenvalue weighted by Crippen LogP contribution is -2.51. The molecule has 1 amide bonds. The number of likely N-dealkylation sites (tertiary alicyclic amines) is 2. The molecule has 0 spiro atoms. The third-order valence-electron chi connectivity index (χ3n) is 7.88. The first-order valence-corrected chi connectivity index (χ1v) is 14.3. The summed E-state index contributed by atoms with van der Waals surface area (Å²) in [6.45, 7) is 6.78. The van der Waals surface area contributed by atoms with E-state index in [1.54, 1.807) is 29.2 Å². The van der Waals surface area contributed by atoms with Crippen LogP contribution in [0.5, 0.6) is 11.5 Å². The number of ether oxygens (including phenoxy) is 1. The Balaban J connectivity index is 1.32. The molecule has 2 fully saturated rings. The molecule has 2 aromatic carbocycles. The Morgan fingerprint density at radius 2 is 1.93 bits per heavy atom. The molecule has 222 valence electrons. The highest BCUT2D eigenvalue weighted by Crippen LogP contribution is 2.29. The molecular weight excluding hydrogens is 547 g/mol. The molecule has 2 aliphatic heterocycles. The number of rotatable bonds is 9. The number of piperidine rings is 1. The monoisotopic (exact) mass is 582 g/mol. The van der Waals surface area contributed by atoms with Crippen molar-refractivity contribution >= 4 is 23.3 Å². The van der Waals surface area contributed by atoms with Gasteiger partial charge in [-0.15, -0.1) is 0 Å². The quantitative estimate of drug-likeness (QED) is 0.186. The van der Waals surface area contributed by atoms with Crippen LogP contribution in [-0.4, -0.2) is 69.1 Å². The standard InChI is InChI=1S/C32H35FN8O2/c1-32(2,41-14-7-15-41)17-21(18-34)31(42)40-13-6-8-22(19-40)39-30-27(29(36)37-20-38-30)28(35)25-12-11-24(16-26(25)33)43-23-9-4-3-5-10-23/h3-5,9-12,16-17,20,22,35H,6-8,13-15,19H2,1-2H3,(H3,36,37,38,39)/b21-17+,35-28?. The summed E-state index contributed by atoms with van der Waals surface area (Å²) in [7, 11) is 0. The molecule has 5 rings (SSSR count). The molecule has 0 aliphatic carbocycles. The first kappa shape index (κ1) is 29.7. The predicted molar refractivity (Wildman–Crippen MR) is 162 cm³/mol. The lowest BCUT2D eigenvalue weighted by Gasteiger charge is -2.43. The van der Waals surface area contributed by atoms with Gasteiger partial charge in [0.1, 0.15) is 46.9 Å². The SMILES string of the molecule is CC(C)(/C=C(\C#N)C(=O)N1CCCC(Nc2ncnc(N)c2C(=N)c2ccc(Oc3ccccc3)cc2F)C1)N1CCC1. The first-order chi connectivity index (χ1) is 20.7. The highest BCUT2D eigenvalue weighted by Gasteiger charge is 2.33. The molecule has 1 aromatic heterocycles. The number of nitrogen functional groups attached to an aromatic ring is 1. The Morgan fingerprint density at radius 3 is 2.60 bits per heavy atom. The smallest absolute Gasteiger partial charge is 0.264 e. The summed E-state index contributed by atoms with van der Waals surface area (Å²) in [4.78, 5) is 25.7. The van der Waals surface area contributed by atoms with Crippen molar-refractivity contribution in [3.8, 4) is 17.6 Å². The summed E-state index contributed by atoms with van der Waals surface area (Å²) in [5.74, 6) is 0.196. The number of anilines is 2. The molecule has 43 heavy (non-hydrogen) atoms. The zero-order valence-corrected chi connectivity index (χ0v) is 24.3. The minimum Gasteiger partial charge on any atom is -0.457 e. The van der Waals surface area contributed by atoms with Crippen LogP contribution in [0.15, 0.2) is 66.5 Å². The van der Waals surface area contributed by atoms with Crippen molar-refractivity contribution in [3.63, 3.8) is 0 Å². The summed E-state index contributed by atoms with van der Waals surface area (Å²) in [6.07, 6.45) is 5.59. The number of hydrogen-bond acceptors (Lipinski definition) is 9. The molecule has 3 aromatic rings. The Bertz CT molecular complexity index is 1580. The van der Waals surface area contributed by atoms with E-state index in [-0.39, 0.29) is 51.5 Å². The van der Waals surface area contributed by atoms with Gasteiger partial charge in [-0.1, -0.05) is 18.2 Å². The van der Waals surface area contributed by atoms with Gasteiger partial charge in [0.2, 0.25) is 0 Å². The molecule has 2 saturated heterocycles. The van der Waals surface area contributed by atoms with Crippen LogP contribution < -0.4 is 15.8 Å². The van der Waals surface area contributed by atoms with E-state index in [4.69, 9.17) is 15.9 Å². The Kier molecular flexibility index (Phi) is 8.68. The predicted octanol–water partition coefficient (Wildman–Crippen LogP) is 4.74. The van der Waals surface area contributed by atoms with E-state index < -0.39 is 5.82 Å². The number of halogens is 1. The molecule has 2 aliphatic rings. The van der Waals surface area contributed by atoms with Crippen molar-refractivity contribution in [2.24, 2.45) is 0 Å². The molecule has 0 saturated carbocycles. The van der Waals surface area contributed by atoms with E-state index in [9.17, 15) is 10.1 Å². The minimum absolute atomic E-state index is 0.0130. The fraction of sp³-hybridized carbons (Fsp3) is 0.344. The highest BCUT2D eigenvalue weighted by molar-refractivity contribution is 6.16. The maximum Gasteiger partial charge on any atom is 0.264 e. The first-order valence-electron chi connectivity index (χ1n) is 14.3. The number of aromatic nitrogens is 2. The zero-order chi connectivity index (χ0) is 30.6. The molecule has 11 heteroatoms. The largest absolute Gasteiger partial charge is 0.457 e. The summed E-state index contributed by atoms with van der Waals surface area (Å²) in [5.41, 5.74) is 5.92. The minimum atomic E-state index is -0.654. The molecule has 3 heterocycles. The fourth-order valence-electron chi connectivity index (χ4n) is 5.40. The molecule has 1 atom stereocenters. The Labute approximate surface area is 250 Å². The van der Waals surface area contributed by atoms with Gasteiger partial charge >= 0.3 is 0 Å². The summed E-state index contributed by atoms with van der Waals surface area (Å²) < 4.78 is 21.0. The fourth-order valence-corrected chi connectivity index (χ4v) is 5.40. The second-order valence-corrected chi connectivity index (χ2v) is 11.3. The third-order valence-corrected chi connectivity index (χ3v) is 7.88. The van der Waals surface area contributed by atoms with Gasteiger partial charge in [0.15, 0.2) is 0 Å². The lowest BCUT2D eigenvalue weighted by atomic mass is 9.94. The van der Waals surface area contributed by atoms with Gasteiger partial charge in [0.05, 0.1) is 11.3 Å². The van der Waals surface area contributed by atoms with Gasteiger partial charge in [-0.25, -0.2) is 14.4 Å². The second-order valence-electron chi connectivity index (χ2n) is 11.3. The number of carbonyl (C=O) groups excluding carboxylic acids is 1. The molecule has 0 radical (unpaired) electrons. The number of nitriles is 1. The number of nitrogens with one attached hydrogen (secondary N) is 2. The summed E-state index contributed by atoms with van der Waals surface area (Å²) in [6, 6.07) is 15.2. The number of nitrogens with two attached hydrogens (primary N) is 1. The maximum atomic E-state index is 15.3. The molecule has 1 unspecified atom stereocenters. The van der Waals surface area contributed by atoms with Crippen LogP contribution in [0.1, 0.15) is 44.2 Å². The van der Waals surface area contributed by atoms with Crippen molar-refractivity contribution in [2.75, 3.05) is 37.2 Å². The van der Waals surface area contributed by atoms with Crippen LogP contribution >= 0.6 is 0 Å². The average Bonchev–Trinajstić information content (AvgIpc) is 2.95. The second kappa shape index (κ2) is 12.6. The van der Waals surface area contributed by atoms with Gasteiger partial charge < -0.3 is 20.7 Å². The van der Waals surface area contributed by atoms with E-state index >= 15 is 4.39 Å². The van der Waals surface area contributed by atoms with Crippen molar-refractivity contribution in [1.82, 2.24) is 19.8 Å². The van der Waals surface area contributed by atoms with Gasteiger partial charge in [0, 0.05) is 49.4 Å². The van der Waals surface area contributed by atoms with Crippen LogP contribution in [0.4, 0.5) is 16.0 Å². The average molecular weight is 583 g/mol. The topological polar surface area (TPSA) is 144 Å². The van der Waals surface area contributed by atoms with Crippen LogP contribution in [0.2, 0.25) is 0 Å². The lowest BCUT2D eigenvalue weighted by molar-refractivity contribution is -0.127. The molecule has 0 bridgehead atoms. The number of benzene rings is 2. The normalized spacial score (nSPS) is 17.5. The summed E-state index contributed by atoms with van der Waals surface area (Å²) >= 11 is 0. The molecule has 4 N–H and O–H groups in total.